The minimum absolute atomic E-state index is 0.755. The molecule has 1 nitrogen and oxygen atoms in total. The first-order valence-corrected chi connectivity index (χ1v) is 5.53. The number of likely N-dealkylation sites (tertiary alicyclic amines) is 1. The van der Waals surface area contributed by atoms with Crippen LogP contribution in [0, 0.1) is 5.92 Å². The Morgan fingerprint density at radius 3 is 2.50 bits per heavy atom. The lowest BCUT2D eigenvalue weighted by Crippen LogP contribution is -2.26. The highest BCUT2D eigenvalue weighted by molar-refractivity contribution is 5.14. The summed E-state index contributed by atoms with van der Waals surface area (Å²) in [6.07, 6.45) is 1.35. The summed E-state index contributed by atoms with van der Waals surface area (Å²) in [5.74, 6) is 0.869. The Labute approximate surface area is 86.7 Å². The number of nitrogens with zero attached hydrogens (tertiary/aromatic N) is 1. The van der Waals surface area contributed by atoms with E-state index in [0.29, 0.717) is 0 Å². The normalized spacial score (nSPS) is 28.1. The molecule has 1 heterocycles. The molecule has 0 spiro atoms. The molecule has 0 radical (unpaired) electrons. The van der Waals surface area contributed by atoms with Gasteiger partial charge in [-0.05, 0) is 24.8 Å². The van der Waals surface area contributed by atoms with Gasteiger partial charge in [0.15, 0.2) is 0 Å². The van der Waals surface area contributed by atoms with Crippen LogP contribution in [0.2, 0.25) is 0 Å². The SMILES string of the molecule is C[C@@H]1C[C@@H](C)N(Cc2ccccc2)C1. The van der Waals surface area contributed by atoms with Crippen molar-refractivity contribution in [3.05, 3.63) is 35.9 Å². The van der Waals surface area contributed by atoms with Crippen molar-refractivity contribution in [1.29, 1.82) is 0 Å². The molecule has 0 aliphatic carbocycles. The molecule has 1 aromatic carbocycles. The number of benzene rings is 1. The van der Waals surface area contributed by atoms with Crippen molar-refractivity contribution in [1.82, 2.24) is 4.90 Å². The number of hydrogen-bond acceptors (Lipinski definition) is 1. The highest BCUT2D eigenvalue weighted by atomic mass is 15.2. The summed E-state index contributed by atoms with van der Waals surface area (Å²) < 4.78 is 0. The van der Waals surface area contributed by atoms with Crippen molar-refractivity contribution in [2.75, 3.05) is 6.54 Å². The Hall–Kier alpha value is -0.820. The van der Waals surface area contributed by atoms with Gasteiger partial charge in [0, 0.05) is 19.1 Å². The minimum Gasteiger partial charge on any atom is -0.296 e. The molecule has 1 aromatic rings. The Bertz CT molecular complexity index is 281. The van der Waals surface area contributed by atoms with E-state index in [0.717, 1.165) is 18.5 Å². The van der Waals surface area contributed by atoms with Gasteiger partial charge in [-0.1, -0.05) is 37.3 Å². The third kappa shape index (κ3) is 2.16. The van der Waals surface area contributed by atoms with Gasteiger partial charge in [0.05, 0.1) is 0 Å². The van der Waals surface area contributed by atoms with Gasteiger partial charge in [0.25, 0.3) is 0 Å². The number of hydrogen-bond donors (Lipinski definition) is 0. The Balaban J connectivity index is 1.98. The summed E-state index contributed by atoms with van der Waals surface area (Å²) in [7, 11) is 0. The maximum absolute atomic E-state index is 2.58. The van der Waals surface area contributed by atoms with Crippen molar-refractivity contribution in [3.63, 3.8) is 0 Å². The van der Waals surface area contributed by atoms with Gasteiger partial charge in [0.2, 0.25) is 0 Å². The van der Waals surface area contributed by atoms with Gasteiger partial charge in [-0.3, -0.25) is 4.90 Å². The van der Waals surface area contributed by atoms with E-state index in [-0.39, 0.29) is 0 Å². The van der Waals surface area contributed by atoms with Gasteiger partial charge < -0.3 is 0 Å². The predicted octanol–water partition coefficient (Wildman–Crippen LogP) is 2.92. The molecule has 1 heteroatoms. The molecule has 0 unspecified atom stereocenters. The fraction of sp³-hybridized carbons (Fsp3) is 0.538. The van der Waals surface area contributed by atoms with Crippen LogP contribution in [0.3, 0.4) is 0 Å². The lowest BCUT2D eigenvalue weighted by molar-refractivity contribution is 0.256. The number of rotatable bonds is 2. The van der Waals surface area contributed by atoms with Crippen LogP contribution < -0.4 is 0 Å². The quantitative estimate of drug-likeness (QED) is 0.691. The molecule has 0 bridgehead atoms. The molecule has 1 aliphatic heterocycles. The molecule has 1 fully saturated rings. The molecule has 76 valence electrons. The molecule has 0 N–H and O–H groups in total. The lowest BCUT2D eigenvalue weighted by atomic mass is 10.1. The van der Waals surface area contributed by atoms with Crippen LogP contribution in [0.4, 0.5) is 0 Å². The molecule has 0 saturated carbocycles. The van der Waals surface area contributed by atoms with Gasteiger partial charge in [-0.15, -0.1) is 0 Å². The van der Waals surface area contributed by atoms with Crippen LogP contribution in [0.15, 0.2) is 30.3 Å². The smallest absolute Gasteiger partial charge is 0.0236 e. The molecule has 1 aliphatic rings. The predicted molar refractivity (Wildman–Crippen MR) is 60.1 cm³/mol. The standard InChI is InChI=1S/C13H19N/c1-11-8-12(2)14(9-11)10-13-6-4-3-5-7-13/h3-7,11-12H,8-10H2,1-2H3/t11-,12-/m1/s1. The molecule has 2 atom stereocenters. The zero-order valence-corrected chi connectivity index (χ0v) is 9.11. The largest absolute Gasteiger partial charge is 0.296 e. The summed E-state index contributed by atoms with van der Waals surface area (Å²) in [4.78, 5) is 2.58. The Morgan fingerprint density at radius 2 is 1.93 bits per heavy atom. The van der Waals surface area contributed by atoms with E-state index in [1.807, 2.05) is 0 Å². The second-order valence-corrected chi connectivity index (χ2v) is 4.60. The Morgan fingerprint density at radius 1 is 1.21 bits per heavy atom. The molecule has 2 rings (SSSR count). The van der Waals surface area contributed by atoms with Crippen LogP contribution in [-0.4, -0.2) is 17.5 Å². The van der Waals surface area contributed by atoms with Crippen molar-refractivity contribution >= 4 is 0 Å². The second kappa shape index (κ2) is 4.14. The second-order valence-electron chi connectivity index (χ2n) is 4.60. The highest BCUT2D eigenvalue weighted by Crippen LogP contribution is 2.23. The van der Waals surface area contributed by atoms with Crippen LogP contribution >= 0.6 is 0 Å². The summed E-state index contributed by atoms with van der Waals surface area (Å²) in [5.41, 5.74) is 1.44. The third-order valence-electron chi connectivity index (χ3n) is 3.14. The Kier molecular flexibility index (Phi) is 2.87. The first-order valence-electron chi connectivity index (χ1n) is 5.53. The van der Waals surface area contributed by atoms with Gasteiger partial charge in [-0.2, -0.15) is 0 Å². The molecule has 0 amide bonds. The first kappa shape index (κ1) is 9.72. The first-order chi connectivity index (χ1) is 6.75. The fourth-order valence-electron chi connectivity index (χ4n) is 2.42. The average molecular weight is 189 g/mol. The van der Waals surface area contributed by atoms with E-state index in [2.05, 4.69) is 49.1 Å². The molecule has 14 heavy (non-hydrogen) atoms. The van der Waals surface area contributed by atoms with Crippen LogP contribution in [0.5, 0.6) is 0 Å². The van der Waals surface area contributed by atoms with E-state index in [1.165, 1.54) is 18.5 Å². The van der Waals surface area contributed by atoms with E-state index >= 15 is 0 Å². The fourth-order valence-corrected chi connectivity index (χ4v) is 2.42. The maximum atomic E-state index is 2.58. The van der Waals surface area contributed by atoms with Crippen LogP contribution in [-0.2, 0) is 6.54 Å². The summed E-state index contributed by atoms with van der Waals surface area (Å²) in [6, 6.07) is 11.5. The average Bonchev–Trinajstić information content (AvgIpc) is 2.47. The van der Waals surface area contributed by atoms with Crippen molar-refractivity contribution in [3.8, 4) is 0 Å². The van der Waals surface area contributed by atoms with Gasteiger partial charge >= 0.3 is 0 Å². The van der Waals surface area contributed by atoms with Crippen LogP contribution in [0.1, 0.15) is 25.8 Å². The van der Waals surface area contributed by atoms with Crippen molar-refractivity contribution in [2.24, 2.45) is 5.92 Å². The highest BCUT2D eigenvalue weighted by Gasteiger charge is 2.25. The van der Waals surface area contributed by atoms with E-state index in [1.54, 1.807) is 0 Å². The van der Waals surface area contributed by atoms with E-state index in [9.17, 15) is 0 Å². The van der Waals surface area contributed by atoms with Crippen molar-refractivity contribution in [2.45, 2.75) is 32.9 Å². The van der Waals surface area contributed by atoms with E-state index in [4.69, 9.17) is 0 Å². The lowest BCUT2D eigenvalue weighted by Gasteiger charge is -2.20. The minimum atomic E-state index is 0.755. The summed E-state index contributed by atoms with van der Waals surface area (Å²) in [5, 5.41) is 0. The third-order valence-corrected chi connectivity index (χ3v) is 3.14. The molecular formula is C13H19N. The summed E-state index contributed by atoms with van der Waals surface area (Å²) in [6.45, 7) is 7.07. The monoisotopic (exact) mass is 189 g/mol. The topological polar surface area (TPSA) is 3.24 Å². The molecular weight excluding hydrogens is 170 g/mol. The summed E-state index contributed by atoms with van der Waals surface area (Å²) >= 11 is 0. The molecule has 0 aromatic heterocycles. The maximum Gasteiger partial charge on any atom is 0.0236 e. The van der Waals surface area contributed by atoms with Crippen molar-refractivity contribution < 1.29 is 0 Å². The zero-order chi connectivity index (χ0) is 9.97. The zero-order valence-electron chi connectivity index (χ0n) is 9.11. The van der Waals surface area contributed by atoms with E-state index < -0.39 is 0 Å². The van der Waals surface area contributed by atoms with Gasteiger partial charge in [-0.25, -0.2) is 0 Å². The molecule has 1 saturated heterocycles. The van der Waals surface area contributed by atoms with Crippen LogP contribution in [0.25, 0.3) is 0 Å². The van der Waals surface area contributed by atoms with Gasteiger partial charge in [0.1, 0.15) is 0 Å².